The Balaban J connectivity index is 1.41. The fraction of sp³-hybridized carbons (Fsp3) is 0.160. The summed E-state index contributed by atoms with van der Waals surface area (Å²) in [6, 6.07) is 18.3. The molecule has 0 aliphatic heterocycles. The van der Waals surface area contributed by atoms with Crippen LogP contribution in [0, 0.1) is 13.8 Å². The van der Waals surface area contributed by atoms with Gasteiger partial charge in [-0.05, 0) is 31.0 Å². The van der Waals surface area contributed by atoms with Crippen molar-refractivity contribution in [1.29, 1.82) is 0 Å². The highest BCUT2D eigenvalue weighted by Gasteiger charge is 2.10. The SMILES string of the molecule is Cc1ccc(Cn2cc(Cn3cnc4ncc(-c5ccc(C)cc5)cc4c3=O)nn2)cc1. The van der Waals surface area contributed by atoms with Gasteiger partial charge < -0.3 is 0 Å². The molecule has 158 valence electrons. The van der Waals surface area contributed by atoms with E-state index in [9.17, 15) is 4.79 Å². The molecule has 0 saturated heterocycles. The standard InChI is InChI=1S/C25H22N6O/c1-17-3-7-19(8-4-17)13-31-15-22(28-29-31)14-30-16-27-24-23(25(30)32)11-21(12-26-24)20-9-5-18(2)6-10-20/h3-12,15-16H,13-14H2,1-2H3. The maximum atomic E-state index is 13.1. The molecule has 2 aromatic carbocycles. The quantitative estimate of drug-likeness (QED) is 0.431. The number of hydrogen-bond donors (Lipinski definition) is 0. The summed E-state index contributed by atoms with van der Waals surface area (Å²) >= 11 is 0. The second-order valence-corrected chi connectivity index (χ2v) is 8.03. The van der Waals surface area contributed by atoms with E-state index in [1.807, 2.05) is 43.5 Å². The molecule has 0 saturated carbocycles. The van der Waals surface area contributed by atoms with E-state index in [4.69, 9.17) is 0 Å². The van der Waals surface area contributed by atoms with Crippen LogP contribution in [0.3, 0.4) is 0 Å². The average Bonchev–Trinajstić information content (AvgIpc) is 3.24. The van der Waals surface area contributed by atoms with Gasteiger partial charge in [0.2, 0.25) is 0 Å². The van der Waals surface area contributed by atoms with E-state index in [0.29, 0.717) is 29.8 Å². The highest BCUT2D eigenvalue weighted by molar-refractivity contribution is 5.79. The predicted octanol–water partition coefficient (Wildman–Crippen LogP) is 3.76. The van der Waals surface area contributed by atoms with Gasteiger partial charge in [-0.2, -0.15) is 0 Å². The smallest absolute Gasteiger partial charge is 0.263 e. The Morgan fingerprint density at radius 1 is 0.844 bits per heavy atom. The molecule has 0 atom stereocenters. The van der Waals surface area contributed by atoms with Crippen LogP contribution >= 0.6 is 0 Å². The van der Waals surface area contributed by atoms with Crippen LogP contribution in [0.25, 0.3) is 22.2 Å². The van der Waals surface area contributed by atoms with Gasteiger partial charge in [0.05, 0.1) is 24.7 Å². The van der Waals surface area contributed by atoms with Crippen LogP contribution in [-0.4, -0.2) is 29.5 Å². The maximum absolute atomic E-state index is 13.1. The largest absolute Gasteiger partial charge is 0.292 e. The van der Waals surface area contributed by atoms with Gasteiger partial charge in [0.1, 0.15) is 12.0 Å². The lowest BCUT2D eigenvalue weighted by Gasteiger charge is -2.06. The molecule has 0 radical (unpaired) electrons. The summed E-state index contributed by atoms with van der Waals surface area (Å²) in [4.78, 5) is 21.9. The van der Waals surface area contributed by atoms with Crippen LogP contribution < -0.4 is 5.56 Å². The third-order valence-electron chi connectivity index (χ3n) is 5.45. The number of nitrogens with zero attached hydrogens (tertiary/aromatic N) is 6. The lowest BCUT2D eigenvalue weighted by atomic mass is 10.1. The Hall–Kier alpha value is -4.13. The fourth-order valence-corrected chi connectivity index (χ4v) is 3.61. The van der Waals surface area contributed by atoms with Crippen molar-refractivity contribution in [2.45, 2.75) is 26.9 Å². The highest BCUT2D eigenvalue weighted by atomic mass is 16.1. The van der Waals surface area contributed by atoms with Crippen molar-refractivity contribution >= 4 is 11.0 Å². The van der Waals surface area contributed by atoms with Crippen molar-refractivity contribution in [3.63, 3.8) is 0 Å². The van der Waals surface area contributed by atoms with Gasteiger partial charge >= 0.3 is 0 Å². The summed E-state index contributed by atoms with van der Waals surface area (Å²) in [6.45, 7) is 5.03. The van der Waals surface area contributed by atoms with Gasteiger partial charge in [-0.3, -0.25) is 9.36 Å². The lowest BCUT2D eigenvalue weighted by molar-refractivity contribution is 0.648. The van der Waals surface area contributed by atoms with Gasteiger partial charge in [0.25, 0.3) is 5.56 Å². The minimum atomic E-state index is -0.149. The van der Waals surface area contributed by atoms with Gasteiger partial charge in [0, 0.05) is 11.8 Å². The van der Waals surface area contributed by atoms with Crippen molar-refractivity contribution in [1.82, 2.24) is 29.5 Å². The van der Waals surface area contributed by atoms with Crippen LogP contribution in [0.1, 0.15) is 22.4 Å². The Morgan fingerprint density at radius 3 is 2.31 bits per heavy atom. The zero-order valence-corrected chi connectivity index (χ0v) is 17.9. The molecule has 0 spiro atoms. The Bertz CT molecular complexity index is 1450. The first-order valence-corrected chi connectivity index (χ1v) is 10.4. The molecule has 0 N–H and O–H groups in total. The first kappa shape index (κ1) is 19.8. The third-order valence-corrected chi connectivity index (χ3v) is 5.45. The van der Waals surface area contributed by atoms with Crippen molar-refractivity contribution in [3.05, 3.63) is 106 Å². The van der Waals surface area contributed by atoms with Gasteiger partial charge in [-0.1, -0.05) is 64.9 Å². The topological polar surface area (TPSA) is 78.5 Å². The number of benzene rings is 2. The monoisotopic (exact) mass is 422 g/mol. The molecule has 0 aliphatic carbocycles. The second-order valence-electron chi connectivity index (χ2n) is 8.03. The molecular formula is C25H22N6O. The Morgan fingerprint density at radius 2 is 1.56 bits per heavy atom. The molecule has 7 nitrogen and oxygen atoms in total. The normalized spacial score (nSPS) is 11.2. The summed E-state index contributed by atoms with van der Waals surface area (Å²) < 4.78 is 3.32. The molecular weight excluding hydrogens is 400 g/mol. The summed E-state index contributed by atoms with van der Waals surface area (Å²) in [7, 11) is 0. The van der Waals surface area contributed by atoms with Crippen LogP contribution in [0.2, 0.25) is 0 Å². The van der Waals surface area contributed by atoms with Gasteiger partial charge in [-0.15, -0.1) is 5.10 Å². The highest BCUT2D eigenvalue weighted by Crippen LogP contribution is 2.21. The average molecular weight is 422 g/mol. The number of fused-ring (bicyclic) bond motifs is 1. The molecule has 3 heterocycles. The molecule has 0 fully saturated rings. The summed E-state index contributed by atoms with van der Waals surface area (Å²) in [5.41, 5.74) is 6.43. The van der Waals surface area contributed by atoms with Crippen LogP contribution in [0.4, 0.5) is 0 Å². The molecule has 0 aliphatic rings. The molecule has 5 aromatic rings. The number of aryl methyl sites for hydroxylation is 2. The van der Waals surface area contributed by atoms with Crippen LogP contribution in [0.5, 0.6) is 0 Å². The second kappa shape index (κ2) is 8.19. The fourth-order valence-electron chi connectivity index (χ4n) is 3.61. The Kier molecular flexibility index (Phi) is 5.07. The van der Waals surface area contributed by atoms with E-state index in [0.717, 1.165) is 16.7 Å². The van der Waals surface area contributed by atoms with Crippen molar-refractivity contribution < 1.29 is 0 Å². The molecule has 0 amide bonds. The molecule has 3 aromatic heterocycles. The first-order valence-electron chi connectivity index (χ1n) is 10.4. The molecule has 0 bridgehead atoms. The number of hydrogen-bond acceptors (Lipinski definition) is 5. The van der Waals surface area contributed by atoms with Gasteiger partial charge in [-0.25, -0.2) is 14.6 Å². The zero-order valence-electron chi connectivity index (χ0n) is 17.9. The van der Waals surface area contributed by atoms with Crippen molar-refractivity contribution in [2.75, 3.05) is 0 Å². The summed E-state index contributed by atoms with van der Waals surface area (Å²) in [6.07, 6.45) is 5.13. The van der Waals surface area contributed by atoms with Crippen molar-refractivity contribution in [2.24, 2.45) is 0 Å². The summed E-state index contributed by atoms with van der Waals surface area (Å²) in [5, 5.41) is 8.91. The number of pyridine rings is 1. The minimum absolute atomic E-state index is 0.149. The van der Waals surface area contributed by atoms with Crippen LogP contribution in [0.15, 0.2) is 78.1 Å². The van der Waals surface area contributed by atoms with E-state index in [2.05, 4.69) is 51.5 Å². The third kappa shape index (κ3) is 4.05. The van der Waals surface area contributed by atoms with E-state index in [1.165, 1.54) is 17.5 Å². The minimum Gasteiger partial charge on any atom is -0.292 e. The van der Waals surface area contributed by atoms with E-state index < -0.39 is 0 Å². The van der Waals surface area contributed by atoms with E-state index in [1.54, 1.807) is 15.4 Å². The lowest BCUT2D eigenvalue weighted by Crippen LogP contribution is -2.21. The number of aromatic nitrogens is 6. The summed E-state index contributed by atoms with van der Waals surface area (Å²) in [5.74, 6) is 0. The predicted molar refractivity (Wildman–Crippen MR) is 123 cm³/mol. The molecule has 32 heavy (non-hydrogen) atoms. The first-order chi connectivity index (χ1) is 15.5. The number of rotatable bonds is 5. The van der Waals surface area contributed by atoms with Gasteiger partial charge in [0.15, 0.2) is 5.65 Å². The van der Waals surface area contributed by atoms with Crippen LogP contribution in [-0.2, 0) is 13.1 Å². The van der Waals surface area contributed by atoms with Crippen molar-refractivity contribution in [3.8, 4) is 11.1 Å². The molecule has 5 rings (SSSR count). The Labute approximate surface area is 185 Å². The zero-order chi connectivity index (χ0) is 22.1. The maximum Gasteiger partial charge on any atom is 0.263 e. The van der Waals surface area contributed by atoms with E-state index in [-0.39, 0.29) is 5.56 Å². The molecule has 0 unspecified atom stereocenters. The van der Waals surface area contributed by atoms with E-state index >= 15 is 0 Å². The molecule has 7 heteroatoms.